The molecule has 4 rings (SSSR count). The molecule has 1 aliphatic carbocycles. The number of rotatable bonds is 7. The van der Waals surface area contributed by atoms with Crippen LogP contribution in [0.2, 0.25) is 0 Å². The Balaban J connectivity index is 1.67. The predicted molar refractivity (Wildman–Crippen MR) is 105 cm³/mol. The van der Waals surface area contributed by atoms with Crippen LogP contribution in [0.5, 0.6) is 5.75 Å². The van der Waals surface area contributed by atoms with Crippen LogP contribution in [0, 0.1) is 0 Å². The number of pyridine rings is 1. The molecular weight excluding hydrogens is 374 g/mol. The Morgan fingerprint density at radius 2 is 2.10 bits per heavy atom. The van der Waals surface area contributed by atoms with Crippen LogP contribution < -0.4 is 10.1 Å². The van der Waals surface area contributed by atoms with E-state index in [2.05, 4.69) is 15.5 Å². The van der Waals surface area contributed by atoms with Crippen molar-refractivity contribution in [3.63, 3.8) is 0 Å². The molecule has 150 valence electrons. The van der Waals surface area contributed by atoms with Gasteiger partial charge in [-0.05, 0) is 37.0 Å². The molecule has 0 bridgehead atoms. The fraction of sp³-hybridized carbons (Fsp3) is 0.333. The largest absolute Gasteiger partial charge is 0.482 e. The van der Waals surface area contributed by atoms with Gasteiger partial charge in [-0.3, -0.25) is 4.79 Å². The summed E-state index contributed by atoms with van der Waals surface area (Å²) in [7, 11) is 0. The normalized spacial score (nSPS) is 13.6. The van der Waals surface area contributed by atoms with E-state index in [1.807, 2.05) is 19.9 Å². The van der Waals surface area contributed by atoms with Gasteiger partial charge in [-0.25, -0.2) is 9.78 Å². The fourth-order valence-corrected chi connectivity index (χ4v) is 3.16. The number of aromatic nitrogens is 2. The molecule has 0 atom stereocenters. The number of carbonyl (C=O) groups is 2. The van der Waals surface area contributed by atoms with Gasteiger partial charge in [-0.15, -0.1) is 0 Å². The van der Waals surface area contributed by atoms with Crippen LogP contribution in [-0.4, -0.2) is 33.7 Å². The third kappa shape index (κ3) is 4.06. The molecule has 1 aliphatic rings. The average molecular weight is 395 g/mol. The topological polar surface area (TPSA) is 115 Å². The van der Waals surface area contributed by atoms with Gasteiger partial charge in [0.15, 0.2) is 6.61 Å². The maximum absolute atomic E-state index is 13.1. The monoisotopic (exact) mass is 395 g/mol. The predicted octanol–water partition coefficient (Wildman–Crippen LogP) is 3.94. The molecule has 1 aromatic carbocycles. The van der Waals surface area contributed by atoms with Crippen molar-refractivity contribution < 1.29 is 24.0 Å². The highest BCUT2D eigenvalue weighted by molar-refractivity contribution is 6.12. The number of hydrogen-bond donors (Lipinski definition) is 2. The number of benzene rings is 1. The number of nitrogens with one attached hydrogen (secondary N) is 1. The number of carboxylic acid groups (broad SMARTS) is 1. The Kier molecular flexibility index (Phi) is 4.92. The van der Waals surface area contributed by atoms with E-state index in [1.165, 1.54) is 0 Å². The standard InChI is InChI=1S/C21H21N3O5/c1-11(2)19-18-15(9-16(12-6-7-12)23-21(18)29-24-19)20(27)22-13-4-3-5-14(8-13)28-10-17(25)26/h3-5,8-9,11-12H,6-7,10H2,1-2H3,(H,22,27)(H,25,26). The van der Waals surface area contributed by atoms with Crippen molar-refractivity contribution in [2.45, 2.75) is 38.5 Å². The fourth-order valence-electron chi connectivity index (χ4n) is 3.16. The van der Waals surface area contributed by atoms with E-state index in [0.29, 0.717) is 39.7 Å². The molecule has 0 unspecified atom stereocenters. The molecule has 3 aromatic rings. The number of ether oxygens (including phenoxy) is 1. The molecule has 2 aromatic heterocycles. The minimum Gasteiger partial charge on any atom is -0.482 e. The maximum atomic E-state index is 13.1. The highest BCUT2D eigenvalue weighted by atomic mass is 16.5. The number of amides is 1. The van der Waals surface area contributed by atoms with Crippen LogP contribution in [0.1, 0.15) is 60.3 Å². The van der Waals surface area contributed by atoms with Gasteiger partial charge in [0, 0.05) is 23.4 Å². The van der Waals surface area contributed by atoms with Crippen molar-refractivity contribution in [2.75, 3.05) is 11.9 Å². The van der Waals surface area contributed by atoms with Gasteiger partial charge in [0.1, 0.15) is 5.75 Å². The van der Waals surface area contributed by atoms with E-state index in [1.54, 1.807) is 24.3 Å². The first-order valence-corrected chi connectivity index (χ1v) is 9.48. The summed E-state index contributed by atoms with van der Waals surface area (Å²) in [5.74, 6) is -0.591. The lowest BCUT2D eigenvalue weighted by molar-refractivity contribution is -0.139. The summed E-state index contributed by atoms with van der Waals surface area (Å²) < 4.78 is 10.6. The molecule has 1 amide bonds. The minimum atomic E-state index is -1.07. The lowest BCUT2D eigenvalue weighted by Crippen LogP contribution is -2.14. The molecule has 1 fully saturated rings. The van der Waals surface area contributed by atoms with Gasteiger partial charge < -0.3 is 19.7 Å². The summed E-state index contributed by atoms with van der Waals surface area (Å²) >= 11 is 0. The second-order valence-corrected chi connectivity index (χ2v) is 7.44. The smallest absolute Gasteiger partial charge is 0.341 e. The first kappa shape index (κ1) is 18.9. The first-order valence-electron chi connectivity index (χ1n) is 9.48. The minimum absolute atomic E-state index is 0.0733. The zero-order valence-corrected chi connectivity index (χ0v) is 16.1. The number of carbonyl (C=O) groups excluding carboxylic acids is 1. The molecule has 8 heteroatoms. The molecule has 29 heavy (non-hydrogen) atoms. The van der Waals surface area contributed by atoms with E-state index in [-0.39, 0.29) is 11.8 Å². The van der Waals surface area contributed by atoms with E-state index < -0.39 is 12.6 Å². The molecular formula is C21H21N3O5. The molecule has 2 heterocycles. The second kappa shape index (κ2) is 7.54. The van der Waals surface area contributed by atoms with Crippen LogP contribution in [0.25, 0.3) is 11.1 Å². The average Bonchev–Trinajstić information content (AvgIpc) is 3.44. The van der Waals surface area contributed by atoms with Crippen molar-refractivity contribution in [3.05, 3.63) is 47.3 Å². The maximum Gasteiger partial charge on any atom is 0.341 e. The van der Waals surface area contributed by atoms with Crippen molar-refractivity contribution in [1.82, 2.24) is 10.1 Å². The van der Waals surface area contributed by atoms with Gasteiger partial charge in [-0.1, -0.05) is 25.1 Å². The Morgan fingerprint density at radius 1 is 1.31 bits per heavy atom. The van der Waals surface area contributed by atoms with Crippen molar-refractivity contribution in [2.24, 2.45) is 0 Å². The van der Waals surface area contributed by atoms with E-state index in [9.17, 15) is 9.59 Å². The highest BCUT2D eigenvalue weighted by Gasteiger charge is 2.29. The SMILES string of the molecule is CC(C)c1noc2nc(C3CC3)cc(C(=O)Nc3cccc(OCC(=O)O)c3)c12. The van der Waals surface area contributed by atoms with E-state index >= 15 is 0 Å². The summed E-state index contributed by atoms with van der Waals surface area (Å²) in [4.78, 5) is 28.4. The van der Waals surface area contributed by atoms with Crippen molar-refractivity contribution in [1.29, 1.82) is 0 Å². The van der Waals surface area contributed by atoms with Crippen molar-refractivity contribution in [3.8, 4) is 5.75 Å². The summed E-state index contributed by atoms with van der Waals surface area (Å²) in [6.45, 7) is 3.51. The number of fused-ring (bicyclic) bond motifs is 1. The van der Waals surface area contributed by atoms with E-state index in [0.717, 1.165) is 18.5 Å². The molecule has 2 N–H and O–H groups in total. The third-order valence-electron chi connectivity index (χ3n) is 4.73. The lowest BCUT2D eigenvalue weighted by Gasteiger charge is -2.10. The second-order valence-electron chi connectivity index (χ2n) is 7.44. The number of hydrogen-bond acceptors (Lipinski definition) is 6. The van der Waals surface area contributed by atoms with Gasteiger partial charge in [-0.2, -0.15) is 0 Å². The Morgan fingerprint density at radius 3 is 2.79 bits per heavy atom. The lowest BCUT2D eigenvalue weighted by atomic mass is 10.0. The quantitative estimate of drug-likeness (QED) is 0.623. The summed E-state index contributed by atoms with van der Waals surface area (Å²) in [5.41, 5.74) is 2.88. The Labute approximate surface area is 166 Å². The molecule has 0 aliphatic heterocycles. The summed E-state index contributed by atoms with van der Waals surface area (Å²) in [6.07, 6.45) is 2.10. The van der Waals surface area contributed by atoms with Crippen LogP contribution in [0.4, 0.5) is 5.69 Å². The van der Waals surface area contributed by atoms with Crippen LogP contribution >= 0.6 is 0 Å². The van der Waals surface area contributed by atoms with Gasteiger partial charge in [0.25, 0.3) is 11.6 Å². The molecule has 0 saturated heterocycles. The van der Waals surface area contributed by atoms with Crippen molar-refractivity contribution >= 4 is 28.7 Å². The highest BCUT2D eigenvalue weighted by Crippen LogP contribution is 2.41. The summed E-state index contributed by atoms with van der Waals surface area (Å²) in [6, 6.07) is 8.43. The molecule has 0 radical (unpaired) electrons. The molecule has 0 spiro atoms. The number of anilines is 1. The first-order chi connectivity index (χ1) is 13.9. The zero-order chi connectivity index (χ0) is 20.5. The Bertz CT molecular complexity index is 1090. The van der Waals surface area contributed by atoms with Gasteiger partial charge in [0.2, 0.25) is 0 Å². The number of carboxylic acids is 1. The third-order valence-corrected chi connectivity index (χ3v) is 4.73. The molecule has 1 saturated carbocycles. The van der Waals surface area contributed by atoms with Gasteiger partial charge >= 0.3 is 5.97 Å². The Hall–Kier alpha value is -3.42. The van der Waals surface area contributed by atoms with E-state index in [4.69, 9.17) is 14.4 Å². The van der Waals surface area contributed by atoms with Crippen LogP contribution in [0.15, 0.2) is 34.9 Å². The number of aliphatic carboxylic acids is 1. The van der Waals surface area contributed by atoms with Crippen LogP contribution in [0.3, 0.4) is 0 Å². The zero-order valence-electron chi connectivity index (χ0n) is 16.1. The van der Waals surface area contributed by atoms with Gasteiger partial charge in [0.05, 0.1) is 16.6 Å². The number of nitrogens with zero attached hydrogens (tertiary/aromatic N) is 2. The molecule has 8 nitrogen and oxygen atoms in total. The summed E-state index contributed by atoms with van der Waals surface area (Å²) in [5, 5.41) is 16.4. The van der Waals surface area contributed by atoms with Crippen LogP contribution in [-0.2, 0) is 4.79 Å².